The van der Waals surface area contributed by atoms with Gasteiger partial charge in [0, 0.05) is 16.6 Å². The first-order valence-electron chi connectivity index (χ1n) is 5.41. The monoisotopic (exact) mass is 233 g/mol. The molecular formula is C13H12FNS. The molecule has 0 aliphatic carbocycles. The van der Waals surface area contributed by atoms with Crippen LogP contribution in [0.25, 0.3) is 15.7 Å². The maximum atomic E-state index is 13.2. The summed E-state index contributed by atoms with van der Waals surface area (Å²) in [5.41, 5.74) is 2.55. The van der Waals surface area contributed by atoms with E-state index in [1.165, 1.54) is 17.2 Å². The lowest BCUT2D eigenvalue weighted by Gasteiger charge is -2.13. The summed E-state index contributed by atoms with van der Waals surface area (Å²) in [6.07, 6.45) is 3.23. The molecule has 1 aromatic carbocycles. The molecule has 1 aromatic heterocycles. The molecule has 82 valence electrons. The molecular weight excluding hydrogens is 221 g/mol. The highest BCUT2D eigenvalue weighted by Crippen LogP contribution is 2.33. The summed E-state index contributed by atoms with van der Waals surface area (Å²) in [5, 5.41) is 6.48. The first kappa shape index (κ1) is 10.00. The molecule has 16 heavy (non-hydrogen) atoms. The van der Waals surface area contributed by atoms with Gasteiger partial charge in [-0.25, -0.2) is 4.39 Å². The van der Waals surface area contributed by atoms with Gasteiger partial charge >= 0.3 is 0 Å². The topological polar surface area (TPSA) is 12.0 Å². The van der Waals surface area contributed by atoms with E-state index < -0.39 is 0 Å². The molecule has 0 atom stereocenters. The second-order valence-electron chi connectivity index (χ2n) is 3.97. The SMILES string of the molecule is Fc1ccc2scc(C3=CCNCC3)c2c1. The lowest BCUT2D eigenvalue weighted by molar-refractivity contribution is 0.630. The summed E-state index contributed by atoms with van der Waals surface area (Å²) >= 11 is 1.69. The van der Waals surface area contributed by atoms with E-state index in [1.807, 2.05) is 6.07 Å². The minimum atomic E-state index is -0.151. The Kier molecular flexibility index (Phi) is 2.50. The minimum absolute atomic E-state index is 0.151. The summed E-state index contributed by atoms with van der Waals surface area (Å²) in [6.45, 7) is 1.93. The molecule has 0 radical (unpaired) electrons. The van der Waals surface area contributed by atoms with Crippen LogP contribution in [0.15, 0.2) is 29.7 Å². The van der Waals surface area contributed by atoms with Crippen LogP contribution in [0, 0.1) is 5.82 Å². The molecule has 2 heterocycles. The Labute approximate surface area is 97.6 Å². The largest absolute Gasteiger partial charge is 0.313 e. The molecule has 2 aromatic rings. The maximum Gasteiger partial charge on any atom is 0.123 e. The lowest BCUT2D eigenvalue weighted by atomic mass is 10.00. The molecule has 3 heteroatoms. The number of fused-ring (bicyclic) bond motifs is 1. The molecule has 1 nitrogen and oxygen atoms in total. The van der Waals surface area contributed by atoms with Gasteiger partial charge in [0.1, 0.15) is 5.82 Å². The number of hydrogen-bond acceptors (Lipinski definition) is 2. The molecule has 0 unspecified atom stereocenters. The van der Waals surface area contributed by atoms with E-state index in [0.717, 1.165) is 29.6 Å². The second-order valence-corrected chi connectivity index (χ2v) is 4.88. The average molecular weight is 233 g/mol. The summed E-state index contributed by atoms with van der Waals surface area (Å²) in [7, 11) is 0. The Hall–Kier alpha value is -1.19. The summed E-state index contributed by atoms with van der Waals surface area (Å²) in [5.74, 6) is -0.151. The van der Waals surface area contributed by atoms with Crippen LogP contribution in [-0.2, 0) is 0 Å². The third-order valence-corrected chi connectivity index (χ3v) is 3.91. The van der Waals surface area contributed by atoms with Gasteiger partial charge in [-0.1, -0.05) is 6.08 Å². The van der Waals surface area contributed by atoms with Gasteiger partial charge in [-0.3, -0.25) is 0 Å². The maximum absolute atomic E-state index is 13.2. The van der Waals surface area contributed by atoms with Crippen LogP contribution in [0.5, 0.6) is 0 Å². The van der Waals surface area contributed by atoms with E-state index >= 15 is 0 Å². The number of halogens is 1. The van der Waals surface area contributed by atoms with Gasteiger partial charge in [0.05, 0.1) is 0 Å². The Balaban J connectivity index is 2.16. The van der Waals surface area contributed by atoms with Gasteiger partial charge in [0.25, 0.3) is 0 Å². The van der Waals surface area contributed by atoms with Crippen LogP contribution in [0.2, 0.25) is 0 Å². The van der Waals surface area contributed by atoms with Crippen molar-refractivity contribution in [1.29, 1.82) is 0 Å². The Morgan fingerprint density at radius 1 is 1.31 bits per heavy atom. The van der Waals surface area contributed by atoms with Gasteiger partial charge < -0.3 is 5.32 Å². The molecule has 0 bridgehead atoms. The molecule has 1 aliphatic rings. The van der Waals surface area contributed by atoms with Crippen LogP contribution >= 0.6 is 11.3 Å². The Bertz CT molecular complexity index is 556. The standard InChI is InChI=1S/C13H12FNS/c14-10-1-2-13-11(7-10)12(8-16-13)9-3-5-15-6-4-9/h1-3,7-8,15H,4-6H2. The number of benzene rings is 1. The summed E-state index contributed by atoms with van der Waals surface area (Å²) in [6, 6.07) is 5.03. The first-order valence-corrected chi connectivity index (χ1v) is 6.29. The van der Waals surface area contributed by atoms with Crippen LogP contribution in [0.3, 0.4) is 0 Å². The number of rotatable bonds is 1. The van der Waals surface area contributed by atoms with E-state index in [1.54, 1.807) is 17.4 Å². The van der Waals surface area contributed by atoms with Crippen molar-refractivity contribution >= 4 is 27.0 Å². The lowest BCUT2D eigenvalue weighted by Crippen LogP contribution is -2.19. The van der Waals surface area contributed by atoms with Crippen LogP contribution in [0.1, 0.15) is 12.0 Å². The van der Waals surface area contributed by atoms with Crippen molar-refractivity contribution < 1.29 is 4.39 Å². The van der Waals surface area contributed by atoms with E-state index in [4.69, 9.17) is 0 Å². The smallest absolute Gasteiger partial charge is 0.123 e. The highest BCUT2D eigenvalue weighted by molar-refractivity contribution is 7.17. The van der Waals surface area contributed by atoms with Crippen molar-refractivity contribution in [3.05, 3.63) is 41.0 Å². The highest BCUT2D eigenvalue weighted by Gasteiger charge is 2.11. The summed E-state index contributed by atoms with van der Waals surface area (Å²) < 4.78 is 14.4. The third kappa shape index (κ3) is 1.66. The predicted octanol–water partition coefficient (Wildman–Crippen LogP) is 3.42. The quantitative estimate of drug-likeness (QED) is 0.796. The zero-order chi connectivity index (χ0) is 11.0. The molecule has 3 rings (SSSR count). The van der Waals surface area contributed by atoms with Crippen LogP contribution < -0.4 is 5.32 Å². The predicted molar refractivity (Wildman–Crippen MR) is 67.2 cm³/mol. The van der Waals surface area contributed by atoms with Crippen LogP contribution in [0.4, 0.5) is 4.39 Å². The molecule has 1 aliphatic heterocycles. The van der Waals surface area contributed by atoms with Gasteiger partial charge in [-0.05, 0) is 47.7 Å². The summed E-state index contributed by atoms with van der Waals surface area (Å²) in [4.78, 5) is 0. The normalized spacial score (nSPS) is 16.4. The average Bonchev–Trinajstić information content (AvgIpc) is 2.73. The number of thiophene rings is 1. The van der Waals surface area contributed by atoms with Gasteiger partial charge in [-0.15, -0.1) is 11.3 Å². The fourth-order valence-corrected chi connectivity index (χ4v) is 3.08. The van der Waals surface area contributed by atoms with Crippen molar-refractivity contribution in [3.63, 3.8) is 0 Å². The van der Waals surface area contributed by atoms with Crippen molar-refractivity contribution in [2.75, 3.05) is 13.1 Å². The van der Waals surface area contributed by atoms with E-state index in [0.29, 0.717) is 0 Å². The van der Waals surface area contributed by atoms with Gasteiger partial charge in [0.2, 0.25) is 0 Å². The Morgan fingerprint density at radius 2 is 2.25 bits per heavy atom. The zero-order valence-corrected chi connectivity index (χ0v) is 9.61. The second kappa shape index (κ2) is 4.00. The molecule has 1 N–H and O–H groups in total. The van der Waals surface area contributed by atoms with Gasteiger partial charge in [-0.2, -0.15) is 0 Å². The van der Waals surface area contributed by atoms with Crippen molar-refractivity contribution in [1.82, 2.24) is 5.32 Å². The zero-order valence-electron chi connectivity index (χ0n) is 8.79. The minimum Gasteiger partial charge on any atom is -0.313 e. The van der Waals surface area contributed by atoms with E-state index in [2.05, 4.69) is 16.8 Å². The number of hydrogen-bond donors (Lipinski definition) is 1. The number of nitrogens with one attached hydrogen (secondary N) is 1. The van der Waals surface area contributed by atoms with Crippen LogP contribution in [-0.4, -0.2) is 13.1 Å². The molecule has 0 amide bonds. The van der Waals surface area contributed by atoms with Gasteiger partial charge in [0.15, 0.2) is 0 Å². The van der Waals surface area contributed by atoms with Crippen molar-refractivity contribution in [2.45, 2.75) is 6.42 Å². The fourth-order valence-electron chi connectivity index (χ4n) is 2.12. The Morgan fingerprint density at radius 3 is 3.06 bits per heavy atom. The molecule has 0 saturated heterocycles. The highest BCUT2D eigenvalue weighted by atomic mass is 32.1. The molecule has 0 fully saturated rings. The molecule has 0 spiro atoms. The fraction of sp³-hybridized carbons (Fsp3) is 0.231. The first-order chi connectivity index (χ1) is 7.84. The van der Waals surface area contributed by atoms with E-state index in [9.17, 15) is 4.39 Å². The molecule has 0 saturated carbocycles. The van der Waals surface area contributed by atoms with Crippen molar-refractivity contribution in [3.8, 4) is 0 Å². The van der Waals surface area contributed by atoms with E-state index in [-0.39, 0.29) is 5.82 Å². The third-order valence-electron chi connectivity index (χ3n) is 2.95. The van der Waals surface area contributed by atoms with Crippen molar-refractivity contribution in [2.24, 2.45) is 0 Å².